The van der Waals surface area contributed by atoms with Crippen LogP contribution in [0, 0.1) is 0 Å². The number of nitrogens with one attached hydrogen (secondary N) is 2. The molecule has 3 rings (SSSR count). The molecule has 0 radical (unpaired) electrons. The second-order valence-corrected chi connectivity index (χ2v) is 5.95. The van der Waals surface area contributed by atoms with Crippen molar-refractivity contribution in [3.8, 4) is 11.3 Å². The van der Waals surface area contributed by atoms with E-state index in [0.29, 0.717) is 6.54 Å². The van der Waals surface area contributed by atoms with E-state index in [0.717, 1.165) is 35.9 Å². The Labute approximate surface area is 177 Å². The second-order valence-electron chi connectivity index (χ2n) is 5.95. The smallest absolute Gasteiger partial charge is 0.191 e. The van der Waals surface area contributed by atoms with Crippen molar-refractivity contribution < 1.29 is 4.52 Å². The van der Waals surface area contributed by atoms with Crippen LogP contribution in [0.4, 0.5) is 0 Å². The van der Waals surface area contributed by atoms with Gasteiger partial charge in [0.05, 0.1) is 6.54 Å². The quantitative estimate of drug-likeness (QED) is 0.315. The number of benzene rings is 2. The van der Waals surface area contributed by atoms with Crippen LogP contribution in [0.2, 0.25) is 0 Å². The Kier molecular flexibility index (Phi) is 8.32. The molecule has 0 atom stereocenters. The third kappa shape index (κ3) is 5.82. The topological polar surface area (TPSA) is 62.5 Å². The maximum atomic E-state index is 5.43. The number of rotatable bonds is 6. The van der Waals surface area contributed by atoms with Gasteiger partial charge in [-0.05, 0) is 17.5 Å². The highest BCUT2D eigenvalue weighted by Gasteiger charge is 2.07. The predicted molar refractivity (Wildman–Crippen MR) is 120 cm³/mol. The fraction of sp³-hybridized carbons (Fsp3) is 0.238. The molecule has 1 heterocycles. The number of hydrogen-bond donors (Lipinski definition) is 2. The minimum Gasteiger partial charge on any atom is -0.356 e. The van der Waals surface area contributed by atoms with Crippen molar-refractivity contribution in [1.29, 1.82) is 0 Å². The number of aliphatic imine (C=N–C) groups is 1. The molecule has 6 heteroatoms. The summed E-state index contributed by atoms with van der Waals surface area (Å²) in [6.07, 6.45) is 1.02. The monoisotopic (exact) mass is 476 g/mol. The van der Waals surface area contributed by atoms with Gasteiger partial charge in [0.15, 0.2) is 11.7 Å². The molecule has 0 spiro atoms. The van der Waals surface area contributed by atoms with Crippen LogP contribution in [-0.2, 0) is 19.5 Å². The molecule has 2 N–H and O–H groups in total. The van der Waals surface area contributed by atoms with Crippen LogP contribution in [0.5, 0.6) is 0 Å². The highest BCUT2D eigenvalue weighted by Crippen LogP contribution is 2.19. The Morgan fingerprint density at radius 3 is 2.33 bits per heavy atom. The van der Waals surface area contributed by atoms with Crippen LogP contribution < -0.4 is 10.6 Å². The van der Waals surface area contributed by atoms with Gasteiger partial charge >= 0.3 is 0 Å². The molecule has 0 saturated carbocycles. The minimum absolute atomic E-state index is 0. The number of nitrogens with zero attached hydrogens (tertiary/aromatic N) is 2. The molecule has 27 heavy (non-hydrogen) atoms. The Bertz CT molecular complexity index is 861. The van der Waals surface area contributed by atoms with E-state index < -0.39 is 0 Å². The lowest BCUT2D eigenvalue weighted by atomic mass is 10.1. The summed E-state index contributed by atoms with van der Waals surface area (Å²) in [5, 5.41) is 10.7. The van der Waals surface area contributed by atoms with Gasteiger partial charge in [0, 0.05) is 25.2 Å². The van der Waals surface area contributed by atoms with E-state index in [1.165, 1.54) is 11.1 Å². The summed E-state index contributed by atoms with van der Waals surface area (Å²) in [6, 6.07) is 20.3. The zero-order valence-corrected chi connectivity index (χ0v) is 17.9. The van der Waals surface area contributed by atoms with Crippen molar-refractivity contribution in [1.82, 2.24) is 15.8 Å². The molecule has 0 amide bonds. The molecule has 3 aromatic rings. The summed E-state index contributed by atoms with van der Waals surface area (Å²) in [4.78, 5) is 4.27. The van der Waals surface area contributed by atoms with Crippen LogP contribution >= 0.6 is 24.0 Å². The molecule has 0 aliphatic carbocycles. The molecular weight excluding hydrogens is 451 g/mol. The van der Waals surface area contributed by atoms with Crippen molar-refractivity contribution in [2.75, 3.05) is 7.05 Å². The first-order valence-corrected chi connectivity index (χ1v) is 8.82. The molecule has 0 aliphatic rings. The first kappa shape index (κ1) is 21.0. The zero-order chi connectivity index (χ0) is 18.2. The van der Waals surface area contributed by atoms with E-state index >= 15 is 0 Å². The van der Waals surface area contributed by atoms with Crippen molar-refractivity contribution in [2.24, 2.45) is 4.99 Å². The first-order valence-electron chi connectivity index (χ1n) is 8.82. The van der Waals surface area contributed by atoms with Crippen LogP contribution in [0.1, 0.15) is 23.7 Å². The van der Waals surface area contributed by atoms with Gasteiger partial charge in [-0.25, -0.2) is 0 Å². The third-order valence-corrected chi connectivity index (χ3v) is 4.22. The fourth-order valence-corrected chi connectivity index (χ4v) is 2.78. The summed E-state index contributed by atoms with van der Waals surface area (Å²) in [7, 11) is 1.76. The molecule has 0 saturated heterocycles. The molecule has 0 aliphatic heterocycles. The van der Waals surface area contributed by atoms with Gasteiger partial charge < -0.3 is 15.2 Å². The largest absolute Gasteiger partial charge is 0.356 e. The number of hydrogen-bond acceptors (Lipinski definition) is 3. The van der Waals surface area contributed by atoms with Crippen LogP contribution in [0.3, 0.4) is 0 Å². The SMILES string of the molecule is CCc1ccccc1CNC(=NC)NCc1cc(-c2ccccc2)on1.I. The minimum atomic E-state index is 0. The van der Waals surface area contributed by atoms with Crippen molar-refractivity contribution >= 4 is 29.9 Å². The molecule has 2 aromatic carbocycles. The number of aryl methyl sites for hydroxylation is 1. The van der Waals surface area contributed by atoms with Gasteiger partial charge in [-0.3, -0.25) is 4.99 Å². The van der Waals surface area contributed by atoms with Crippen LogP contribution in [0.15, 0.2) is 70.2 Å². The third-order valence-electron chi connectivity index (χ3n) is 4.22. The average molecular weight is 476 g/mol. The number of aromatic nitrogens is 1. The standard InChI is InChI=1S/C21H24N4O.HI/c1-3-16-9-7-8-12-18(16)14-23-21(22-2)24-15-19-13-20(26-25-19)17-10-5-4-6-11-17;/h4-13H,3,14-15H2,1-2H3,(H2,22,23,24);1H. The number of halogens is 1. The Balaban J connectivity index is 0.00000261. The summed E-state index contributed by atoms with van der Waals surface area (Å²) in [5.41, 5.74) is 4.48. The molecule has 0 bridgehead atoms. The van der Waals surface area contributed by atoms with E-state index in [2.05, 4.69) is 52.0 Å². The number of guanidine groups is 1. The highest BCUT2D eigenvalue weighted by atomic mass is 127. The van der Waals surface area contributed by atoms with E-state index in [1.807, 2.05) is 36.4 Å². The summed E-state index contributed by atoms with van der Waals surface area (Å²) in [5.74, 6) is 1.50. The van der Waals surface area contributed by atoms with E-state index in [4.69, 9.17) is 4.52 Å². The van der Waals surface area contributed by atoms with Crippen LogP contribution in [-0.4, -0.2) is 18.2 Å². The molecular formula is C21H25IN4O. The molecule has 1 aromatic heterocycles. The lowest BCUT2D eigenvalue weighted by molar-refractivity contribution is 0.422. The predicted octanol–water partition coefficient (Wildman–Crippen LogP) is 4.39. The van der Waals surface area contributed by atoms with Gasteiger partial charge in [0.1, 0.15) is 5.69 Å². The van der Waals surface area contributed by atoms with E-state index in [1.54, 1.807) is 7.05 Å². The van der Waals surface area contributed by atoms with Gasteiger partial charge in [0.2, 0.25) is 0 Å². The van der Waals surface area contributed by atoms with Gasteiger partial charge in [-0.1, -0.05) is 66.7 Å². The van der Waals surface area contributed by atoms with E-state index in [9.17, 15) is 0 Å². The fourth-order valence-electron chi connectivity index (χ4n) is 2.78. The molecule has 142 valence electrons. The second kappa shape index (κ2) is 10.7. The highest BCUT2D eigenvalue weighted by molar-refractivity contribution is 14.0. The maximum Gasteiger partial charge on any atom is 0.191 e. The lowest BCUT2D eigenvalue weighted by Gasteiger charge is -2.13. The zero-order valence-electron chi connectivity index (χ0n) is 15.6. The molecule has 0 unspecified atom stereocenters. The lowest BCUT2D eigenvalue weighted by Crippen LogP contribution is -2.36. The summed E-state index contributed by atoms with van der Waals surface area (Å²) >= 11 is 0. The summed E-state index contributed by atoms with van der Waals surface area (Å²) in [6.45, 7) is 3.45. The maximum absolute atomic E-state index is 5.43. The average Bonchev–Trinajstić information content (AvgIpc) is 3.18. The molecule has 0 fully saturated rings. The van der Waals surface area contributed by atoms with E-state index in [-0.39, 0.29) is 24.0 Å². The van der Waals surface area contributed by atoms with Crippen LogP contribution in [0.25, 0.3) is 11.3 Å². The van der Waals surface area contributed by atoms with Gasteiger partial charge in [-0.15, -0.1) is 24.0 Å². The Morgan fingerprint density at radius 2 is 1.63 bits per heavy atom. The van der Waals surface area contributed by atoms with Crippen molar-refractivity contribution in [3.63, 3.8) is 0 Å². The summed E-state index contributed by atoms with van der Waals surface area (Å²) < 4.78 is 5.43. The Hall–Kier alpha value is -2.35. The van der Waals surface area contributed by atoms with Crippen molar-refractivity contribution in [2.45, 2.75) is 26.4 Å². The first-order chi connectivity index (χ1) is 12.8. The normalized spacial score (nSPS) is 11.0. The van der Waals surface area contributed by atoms with Crippen molar-refractivity contribution in [3.05, 3.63) is 77.5 Å². The van der Waals surface area contributed by atoms with Gasteiger partial charge in [-0.2, -0.15) is 0 Å². The van der Waals surface area contributed by atoms with Gasteiger partial charge in [0.25, 0.3) is 0 Å². The molecule has 5 nitrogen and oxygen atoms in total. The Morgan fingerprint density at radius 1 is 0.963 bits per heavy atom.